The summed E-state index contributed by atoms with van der Waals surface area (Å²) in [4.78, 5) is 13.6. The number of carbonyl (C=O) groups excluding carboxylic acids is 1. The molecule has 0 aromatic heterocycles. The smallest absolute Gasteiger partial charge is 0.223 e. The number of likely N-dealkylation sites (tertiary alicyclic amines) is 1. The Hall–Kier alpha value is -0.990. The van der Waals surface area contributed by atoms with Gasteiger partial charge in [0.1, 0.15) is 0 Å². The molecule has 2 rings (SSSR count). The van der Waals surface area contributed by atoms with E-state index in [0.717, 1.165) is 18.5 Å². The lowest BCUT2D eigenvalue weighted by molar-refractivity contribution is -0.127. The molecule has 1 aromatic rings. The highest BCUT2D eigenvalue weighted by Gasteiger charge is 2.27. The van der Waals surface area contributed by atoms with Crippen LogP contribution in [0.3, 0.4) is 0 Å². The zero-order valence-corrected chi connectivity index (χ0v) is 11.5. The molecule has 1 atom stereocenters. The minimum absolute atomic E-state index is 0.193. The lowest BCUT2D eigenvalue weighted by Crippen LogP contribution is -2.27. The van der Waals surface area contributed by atoms with Crippen LogP contribution in [0.5, 0.6) is 0 Å². The fraction of sp³-hybridized carbons (Fsp3) is 0.357. The van der Waals surface area contributed by atoms with Crippen molar-refractivity contribution in [3.05, 3.63) is 46.5 Å². The largest absolute Gasteiger partial charge is 0.342 e. The van der Waals surface area contributed by atoms with E-state index >= 15 is 0 Å². The number of hydrogen-bond donors (Lipinski definition) is 0. The zero-order valence-electron chi connectivity index (χ0n) is 10.0. The van der Waals surface area contributed by atoms with Crippen molar-refractivity contribution in [2.45, 2.75) is 12.8 Å². The van der Waals surface area contributed by atoms with Crippen LogP contribution in [0.1, 0.15) is 12.0 Å². The summed E-state index contributed by atoms with van der Waals surface area (Å²) in [6.45, 7) is 5.19. The summed E-state index contributed by atoms with van der Waals surface area (Å²) in [6.07, 6.45) is 3.16. The fourth-order valence-corrected chi connectivity index (χ4v) is 2.57. The van der Waals surface area contributed by atoms with Crippen LogP contribution < -0.4 is 0 Å². The predicted molar refractivity (Wildman–Crippen MR) is 75.1 cm³/mol. The minimum Gasteiger partial charge on any atom is -0.342 e. The van der Waals surface area contributed by atoms with Gasteiger partial charge in [-0.1, -0.05) is 29.3 Å². The molecule has 1 aliphatic heterocycles. The number of halogens is 2. The van der Waals surface area contributed by atoms with E-state index in [2.05, 4.69) is 6.58 Å². The standard InChI is InChI=1S/C14H15Cl2NO/c1-2-10-7-14(18)17(9-10)6-5-11-8-12(15)3-4-13(11)16/h2-4,8,10H,1,5-7,9H2. The maximum atomic E-state index is 11.7. The maximum Gasteiger partial charge on any atom is 0.223 e. The monoisotopic (exact) mass is 283 g/mol. The summed E-state index contributed by atoms with van der Waals surface area (Å²) in [5.41, 5.74) is 0.985. The van der Waals surface area contributed by atoms with Crippen LogP contribution in [-0.2, 0) is 11.2 Å². The molecular weight excluding hydrogens is 269 g/mol. The molecule has 0 aliphatic carbocycles. The Morgan fingerprint density at radius 3 is 2.89 bits per heavy atom. The van der Waals surface area contributed by atoms with Crippen molar-refractivity contribution in [3.8, 4) is 0 Å². The third-order valence-corrected chi connectivity index (χ3v) is 3.84. The molecule has 1 aliphatic rings. The first kappa shape index (κ1) is 13.4. The second-order valence-corrected chi connectivity index (χ2v) is 5.37. The van der Waals surface area contributed by atoms with Crippen LogP contribution in [0, 0.1) is 5.92 Å². The normalized spacial score (nSPS) is 19.3. The molecule has 1 saturated heterocycles. The van der Waals surface area contributed by atoms with Crippen LogP contribution in [0.25, 0.3) is 0 Å². The first-order valence-electron chi connectivity index (χ1n) is 5.94. The maximum absolute atomic E-state index is 11.7. The first-order valence-corrected chi connectivity index (χ1v) is 6.70. The van der Waals surface area contributed by atoms with Crippen molar-refractivity contribution in [3.63, 3.8) is 0 Å². The van der Waals surface area contributed by atoms with Gasteiger partial charge in [0, 0.05) is 35.5 Å². The number of benzene rings is 1. The Kier molecular flexibility index (Phi) is 4.31. The van der Waals surface area contributed by atoms with Gasteiger partial charge in [-0.2, -0.15) is 0 Å². The quantitative estimate of drug-likeness (QED) is 0.774. The van der Waals surface area contributed by atoms with Crippen LogP contribution in [0.2, 0.25) is 10.0 Å². The lowest BCUT2D eigenvalue weighted by Gasteiger charge is -2.16. The topological polar surface area (TPSA) is 20.3 Å². The molecule has 18 heavy (non-hydrogen) atoms. The molecule has 96 valence electrons. The molecule has 0 N–H and O–H groups in total. The number of nitrogens with zero attached hydrogens (tertiary/aromatic N) is 1. The average molecular weight is 284 g/mol. The Bertz CT molecular complexity index is 473. The van der Waals surface area contributed by atoms with E-state index in [0.29, 0.717) is 23.0 Å². The van der Waals surface area contributed by atoms with Gasteiger partial charge in [0.2, 0.25) is 5.91 Å². The van der Waals surface area contributed by atoms with Gasteiger partial charge in [-0.3, -0.25) is 4.79 Å². The highest BCUT2D eigenvalue weighted by atomic mass is 35.5. The number of carbonyl (C=O) groups is 1. The number of hydrogen-bond acceptors (Lipinski definition) is 1. The zero-order chi connectivity index (χ0) is 13.1. The van der Waals surface area contributed by atoms with E-state index in [1.165, 1.54) is 0 Å². The van der Waals surface area contributed by atoms with Crippen molar-refractivity contribution in [2.24, 2.45) is 5.92 Å². The highest BCUT2D eigenvalue weighted by molar-refractivity contribution is 6.33. The van der Waals surface area contributed by atoms with E-state index in [-0.39, 0.29) is 11.8 Å². The van der Waals surface area contributed by atoms with E-state index in [9.17, 15) is 4.79 Å². The first-order chi connectivity index (χ1) is 8.60. The third-order valence-electron chi connectivity index (χ3n) is 3.24. The summed E-state index contributed by atoms with van der Waals surface area (Å²) in [7, 11) is 0. The van der Waals surface area contributed by atoms with Gasteiger partial charge in [-0.25, -0.2) is 0 Å². The summed E-state index contributed by atoms with van der Waals surface area (Å²) in [5.74, 6) is 0.477. The Labute approximate surface area is 117 Å². The van der Waals surface area contributed by atoms with E-state index in [1.807, 2.05) is 17.0 Å². The fourth-order valence-electron chi connectivity index (χ4n) is 2.17. The second-order valence-electron chi connectivity index (χ2n) is 4.53. The van der Waals surface area contributed by atoms with Gasteiger partial charge in [-0.15, -0.1) is 6.58 Å². The number of amides is 1. The van der Waals surface area contributed by atoms with E-state index in [4.69, 9.17) is 23.2 Å². The Morgan fingerprint density at radius 2 is 2.22 bits per heavy atom. The molecule has 4 heteroatoms. The van der Waals surface area contributed by atoms with Gasteiger partial charge in [-0.05, 0) is 30.2 Å². The van der Waals surface area contributed by atoms with Gasteiger partial charge < -0.3 is 4.90 Å². The van der Waals surface area contributed by atoms with Gasteiger partial charge in [0.15, 0.2) is 0 Å². The molecule has 0 saturated carbocycles. The van der Waals surface area contributed by atoms with Crippen LogP contribution in [-0.4, -0.2) is 23.9 Å². The molecule has 0 bridgehead atoms. The van der Waals surface area contributed by atoms with Gasteiger partial charge in [0.05, 0.1) is 0 Å². The van der Waals surface area contributed by atoms with Crippen molar-refractivity contribution >= 4 is 29.1 Å². The van der Waals surface area contributed by atoms with Gasteiger partial charge >= 0.3 is 0 Å². The molecule has 0 radical (unpaired) electrons. The minimum atomic E-state index is 0.193. The van der Waals surface area contributed by atoms with Crippen LogP contribution in [0.15, 0.2) is 30.9 Å². The van der Waals surface area contributed by atoms with E-state index in [1.54, 1.807) is 12.1 Å². The van der Waals surface area contributed by atoms with Gasteiger partial charge in [0.25, 0.3) is 0 Å². The Morgan fingerprint density at radius 1 is 1.44 bits per heavy atom. The molecule has 1 amide bonds. The predicted octanol–water partition coefficient (Wildman–Crippen LogP) is 3.57. The van der Waals surface area contributed by atoms with Crippen molar-refractivity contribution in [1.82, 2.24) is 4.90 Å². The SMILES string of the molecule is C=CC1CC(=O)N(CCc2cc(Cl)ccc2Cl)C1. The van der Waals surface area contributed by atoms with Crippen molar-refractivity contribution < 1.29 is 4.79 Å². The summed E-state index contributed by atoms with van der Waals surface area (Å²) in [5, 5.41) is 1.37. The van der Waals surface area contributed by atoms with Crippen molar-refractivity contribution in [1.29, 1.82) is 0 Å². The molecule has 1 unspecified atom stereocenters. The average Bonchev–Trinajstić information content (AvgIpc) is 2.71. The molecule has 1 fully saturated rings. The Balaban J connectivity index is 1.97. The lowest BCUT2D eigenvalue weighted by atomic mass is 10.1. The summed E-state index contributed by atoms with van der Waals surface area (Å²) in [6, 6.07) is 5.41. The molecule has 2 nitrogen and oxygen atoms in total. The highest BCUT2D eigenvalue weighted by Crippen LogP contribution is 2.23. The number of rotatable bonds is 4. The summed E-state index contributed by atoms with van der Waals surface area (Å²) < 4.78 is 0. The molecule has 0 spiro atoms. The van der Waals surface area contributed by atoms with Crippen LogP contribution >= 0.6 is 23.2 Å². The molecule has 1 heterocycles. The summed E-state index contributed by atoms with van der Waals surface area (Å²) >= 11 is 12.0. The van der Waals surface area contributed by atoms with E-state index < -0.39 is 0 Å². The van der Waals surface area contributed by atoms with Crippen molar-refractivity contribution in [2.75, 3.05) is 13.1 Å². The van der Waals surface area contributed by atoms with Crippen LogP contribution in [0.4, 0.5) is 0 Å². The third kappa shape index (κ3) is 3.06. The molecular formula is C14H15Cl2NO. The molecule has 1 aromatic carbocycles. The second kappa shape index (κ2) is 5.77.